The molecule has 108 valence electrons. The molecule has 0 aliphatic carbocycles. The highest BCUT2D eigenvalue weighted by Crippen LogP contribution is 2.03. The van der Waals surface area contributed by atoms with Crippen LogP contribution in [0.15, 0.2) is 24.3 Å². The van der Waals surface area contributed by atoms with Gasteiger partial charge in [-0.05, 0) is 37.2 Å². The molecule has 0 heterocycles. The zero-order chi connectivity index (χ0) is 14.8. The minimum Gasteiger partial charge on any atom is -0.355 e. The molecule has 1 rings (SSSR count). The molecule has 1 aromatic rings. The number of rotatable bonds is 8. The molecule has 0 saturated heterocycles. The third kappa shape index (κ3) is 5.85. The summed E-state index contributed by atoms with van der Waals surface area (Å²) < 4.78 is 0. The first-order valence-electron chi connectivity index (χ1n) is 7.17. The fourth-order valence-corrected chi connectivity index (χ4v) is 2.04. The molecule has 0 aromatic heterocycles. The second-order valence-electron chi connectivity index (χ2n) is 4.77. The van der Waals surface area contributed by atoms with Crippen LogP contribution in [0.25, 0.3) is 0 Å². The average molecular weight is 273 g/mol. The lowest BCUT2D eigenvalue weighted by Crippen LogP contribution is -2.35. The molecule has 0 aliphatic rings. The molecule has 20 heavy (non-hydrogen) atoms. The Kier molecular flexibility index (Phi) is 7.38. The van der Waals surface area contributed by atoms with Gasteiger partial charge < -0.3 is 10.2 Å². The molecular formula is C16H23N3O. The van der Waals surface area contributed by atoms with Gasteiger partial charge >= 0.3 is 0 Å². The zero-order valence-electron chi connectivity index (χ0n) is 12.4. The lowest BCUT2D eigenvalue weighted by molar-refractivity contribution is -0.120. The van der Waals surface area contributed by atoms with Crippen LogP contribution in [-0.4, -0.2) is 37.0 Å². The van der Waals surface area contributed by atoms with E-state index < -0.39 is 0 Å². The summed E-state index contributed by atoms with van der Waals surface area (Å²) in [5, 5.41) is 11.6. The van der Waals surface area contributed by atoms with Crippen LogP contribution in [0.1, 0.15) is 31.4 Å². The van der Waals surface area contributed by atoms with Gasteiger partial charge in [0.05, 0.1) is 18.1 Å². The predicted molar refractivity (Wildman–Crippen MR) is 80.3 cm³/mol. The van der Waals surface area contributed by atoms with Crippen LogP contribution < -0.4 is 5.32 Å². The van der Waals surface area contributed by atoms with Gasteiger partial charge in [0.15, 0.2) is 0 Å². The molecule has 0 bridgehead atoms. The summed E-state index contributed by atoms with van der Waals surface area (Å²) in [5.41, 5.74) is 1.55. The molecule has 0 radical (unpaired) electrons. The number of likely N-dealkylation sites (N-methyl/N-ethyl adjacent to an activating group) is 1. The number of amides is 1. The normalized spacial score (nSPS) is 10.3. The molecule has 0 spiro atoms. The van der Waals surface area contributed by atoms with Crippen LogP contribution in [0.2, 0.25) is 0 Å². The van der Waals surface area contributed by atoms with Crippen molar-refractivity contribution in [1.29, 1.82) is 5.26 Å². The van der Waals surface area contributed by atoms with Gasteiger partial charge in [0, 0.05) is 13.1 Å². The van der Waals surface area contributed by atoms with Crippen molar-refractivity contribution >= 4 is 5.91 Å². The number of nitrogens with zero attached hydrogens (tertiary/aromatic N) is 2. The summed E-state index contributed by atoms with van der Waals surface area (Å²) >= 11 is 0. The summed E-state index contributed by atoms with van der Waals surface area (Å²) in [6.07, 6.45) is 1.50. The highest BCUT2D eigenvalue weighted by atomic mass is 16.1. The highest BCUT2D eigenvalue weighted by Gasteiger charge is 2.05. The smallest absolute Gasteiger partial charge is 0.224 e. The second-order valence-corrected chi connectivity index (χ2v) is 4.77. The monoisotopic (exact) mass is 273 g/mol. The Hall–Kier alpha value is -1.86. The molecule has 4 nitrogen and oxygen atoms in total. The Labute approximate surface area is 121 Å². The predicted octanol–water partition coefficient (Wildman–Crippen LogP) is 1.95. The summed E-state index contributed by atoms with van der Waals surface area (Å²) in [4.78, 5) is 14.1. The Balaban J connectivity index is 2.31. The van der Waals surface area contributed by atoms with E-state index in [9.17, 15) is 4.79 Å². The lowest BCUT2D eigenvalue weighted by Gasteiger charge is -2.19. The van der Waals surface area contributed by atoms with Gasteiger partial charge in [-0.25, -0.2) is 0 Å². The zero-order valence-corrected chi connectivity index (χ0v) is 12.4. The van der Waals surface area contributed by atoms with Crippen LogP contribution in [0.5, 0.6) is 0 Å². The van der Waals surface area contributed by atoms with Crippen LogP contribution in [0.3, 0.4) is 0 Å². The summed E-state index contributed by atoms with van der Waals surface area (Å²) in [7, 11) is 0. The fraction of sp³-hybridized carbons (Fsp3) is 0.500. The lowest BCUT2D eigenvalue weighted by atomic mass is 10.1. The summed E-state index contributed by atoms with van der Waals surface area (Å²) in [5.74, 6) is 0.0299. The highest BCUT2D eigenvalue weighted by molar-refractivity contribution is 5.78. The minimum absolute atomic E-state index is 0.0299. The van der Waals surface area contributed by atoms with E-state index in [2.05, 4.69) is 30.1 Å². The van der Waals surface area contributed by atoms with E-state index in [4.69, 9.17) is 5.26 Å². The number of hydrogen-bond acceptors (Lipinski definition) is 3. The summed E-state index contributed by atoms with van der Waals surface area (Å²) in [6.45, 7) is 7.95. The maximum absolute atomic E-state index is 11.8. The van der Waals surface area contributed by atoms with E-state index in [1.807, 2.05) is 12.1 Å². The van der Waals surface area contributed by atoms with Gasteiger partial charge in [0.2, 0.25) is 5.91 Å². The van der Waals surface area contributed by atoms with Gasteiger partial charge in [-0.3, -0.25) is 4.79 Å². The Morgan fingerprint density at radius 3 is 2.50 bits per heavy atom. The van der Waals surface area contributed by atoms with Crippen molar-refractivity contribution in [1.82, 2.24) is 10.2 Å². The van der Waals surface area contributed by atoms with Crippen LogP contribution in [-0.2, 0) is 11.2 Å². The van der Waals surface area contributed by atoms with Crippen molar-refractivity contribution in [2.45, 2.75) is 26.7 Å². The number of carbonyl (C=O) groups excluding carboxylic acids is 1. The average Bonchev–Trinajstić information content (AvgIpc) is 2.47. The second kappa shape index (κ2) is 9.11. The van der Waals surface area contributed by atoms with E-state index >= 15 is 0 Å². The largest absolute Gasteiger partial charge is 0.355 e. The summed E-state index contributed by atoms with van der Waals surface area (Å²) in [6, 6.07) is 9.20. The van der Waals surface area contributed by atoms with E-state index in [1.54, 1.807) is 12.1 Å². The topological polar surface area (TPSA) is 56.1 Å². The first-order valence-corrected chi connectivity index (χ1v) is 7.17. The van der Waals surface area contributed by atoms with Crippen molar-refractivity contribution < 1.29 is 4.79 Å². The molecule has 0 saturated carbocycles. The van der Waals surface area contributed by atoms with Crippen molar-refractivity contribution in [3.63, 3.8) is 0 Å². The molecule has 0 fully saturated rings. The fourth-order valence-electron chi connectivity index (χ4n) is 2.04. The van der Waals surface area contributed by atoms with Crippen molar-refractivity contribution in [3.05, 3.63) is 35.4 Å². The van der Waals surface area contributed by atoms with Gasteiger partial charge in [0.1, 0.15) is 0 Å². The molecule has 0 atom stereocenters. The number of benzene rings is 1. The molecule has 0 aliphatic heterocycles. The van der Waals surface area contributed by atoms with Gasteiger partial charge in [-0.15, -0.1) is 0 Å². The maximum Gasteiger partial charge on any atom is 0.224 e. The number of nitriles is 1. The van der Waals surface area contributed by atoms with Crippen molar-refractivity contribution in [2.24, 2.45) is 0 Å². The quantitative estimate of drug-likeness (QED) is 0.787. The number of nitrogens with one attached hydrogen (secondary N) is 1. The van der Waals surface area contributed by atoms with E-state index in [0.717, 1.165) is 31.6 Å². The minimum atomic E-state index is 0.0299. The molecule has 1 amide bonds. The molecular weight excluding hydrogens is 250 g/mol. The van der Waals surface area contributed by atoms with Crippen LogP contribution >= 0.6 is 0 Å². The number of hydrogen-bond donors (Lipinski definition) is 1. The number of carbonyl (C=O) groups is 1. The molecule has 1 aromatic carbocycles. The third-order valence-corrected chi connectivity index (χ3v) is 3.18. The Morgan fingerprint density at radius 2 is 1.95 bits per heavy atom. The van der Waals surface area contributed by atoms with E-state index in [1.165, 1.54) is 0 Å². The van der Waals surface area contributed by atoms with Crippen molar-refractivity contribution in [3.8, 4) is 6.07 Å². The van der Waals surface area contributed by atoms with Crippen LogP contribution in [0, 0.1) is 11.3 Å². The van der Waals surface area contributed by atoms with Gasteiger partial charge in [-0.2, -0.15) is 5.26 Å². The van der Waals surface area contributed by atoms with Crippen LogP contribution in [0.4, 0.5) is 0 Å². The molecule has 1 N–H and O–H groups in total. The molecule has 0 unspecified atom stereocenters. The van der Waals surface area contributed by atoms with Gasteiger partial charge in [-0.1, -0.05) is 26.0 Å². The SMILES string of the molecule is CCCN(CC)CCNC(=O)Cc1ccc(C#N)cc1. The Bertz CT molecular complexity index is 448. The van der Waals surface area contributed by atoms with E-state index in [-0.39, 0.29) is 5.91 Å². The first-order chi connectivity index (χ1) is 9.69. The van der Waals surface area contributed by atoms with Gasteiger partial charge in [0.25, 0.3) is 0 Å². The third-order valence-electron chi connectivity index (χ3n) is 3.18. The van der Waals surface area contributed by atoms with E-state index in [0.29, 0.717) is 18.5 Å². The first kappa shape index (κ1) is 16.2. The van der Waals surface area contributed by atoms with Crippen molar-refractivity contribution in [2.75, 3.05) is 26.2 Å². The Morgan fingerprint density at radius 1 is 1.25 bits per heavy atom. The maximum atomic E-state index is 11.8. The standard InChI is InChI=1S/C16H23N3O/c1-3-10-19(4-2)11-9-18-16(20)12-14-5-7-15(13-17)8-6-14/h5-8H,3-4,9-12H2,1-2H3,(H,18,20). The molecule has 4 heteroatoms.